The predicted octanol–water partition coefficient (Wildman–Crippen LogP) is 4.69. The van der Waals surface area contributed by atoms with Crippen molar-refractivity contribution in [2.45, 2.75) is 6.18 Å². The fraction of sp³-hybridized carbons (Fsp3) is 0.185. The van der Waals surface area contributed by atoms with Crippen molar-refractivity contribution in [2.24, 2.45) is 0 Å². The number of alkyl halides is 3. The summed E-state index contributed by atoms with van der Waals surface area (Å²) in [6, 6.07) is 14.9. The van der Waals surface area contributed by atoms with Crippen LogP contribution in [0.3, 0.4) is 0 Å². The summed E-state index contributed by atoms with van der Waals surface area (Å²) in [7, 11) is 0. The van der Waals surface area contributed by atoms with Gasteiger partial charge in [0.2, 0.25) is 0 Å². The summed E-state index contributed by atoms with van der Waals surface area (Å²) in [5, 5.41) is 4.15. The minimum atomic E-state index is -4.67. The first-order valence-corrected chi connectivity index (χ1v) is 11.2. The molecule has 5 nitrogen and oxygen atoms in total. The molecule has 176 valence electrons. The van der Waals surface area contributed by atoms with Crippen molar-refractivity contribution < 1.29 is 18.0 Å². The number of nitrogens with one attached hydrogen (secondary N) is 2. The van der Waals surface area contributed by atoms with Crippen molar-refractivity contribution in [2.75, 3.05) is 26.2 Å². The van der Waals surface area contributed by atoms with E-state index in [1.165, 1.54) is 23.2 Å². The number of carbonyl (C=O) groups excluding carboxylic acids is 1. The summed E-state index contributed by atoms with van der Waals surface area (Å²) in [4.78, 5) is 21.7. The molecule has 35 heavy (non-hydrogen) atoms. The van der Waals surface area contributed by atoms with Crippen molar-refractivity contribution in [1.82, 2.24) is 20.2 Å². The SMILES string of the molecule is O=C(c1ccc(-c2ccc(C#Cc3ccc4[nH]ccc4c3)cn2)cc1C(F)(F)F)N1CCNCC1. The van der Waals surface area contributed by atoms with Crippen molar-refractivity contribution in [3.05, 3.63) is 89.2 Å². The average Bonchev–Trinajstić information content (AvgIpc) is 3.35. The number of piperazine rings is 1. The smallest absolute Gasteiger partial charge is 0.361 e. The molecule has 1 aliphatic rings. The van der Waals surface area contributed by atoms with Gasteiger partial charge in [-0.25, -0.2) is 0 Å². The molecule has 1 saturated heterocycles. The van der Waals surface area contributed by atoms with E-state index in [2.05, 4.69) is 27.1 Å². The number of carbonyl (C=O) groups is 1. The van der Waals surface area contributed by atoms with E-state index in [4.69, 9.17) is 0 Å². The highest BCUT2D eigenvalue weighted by molar-refractivity contribution is 5.96. The molecule has 1 aliphatic heterocycles. The zero-order valence-corrected chi connectivity index (χ0v) is 18.6. The van der Waals surface area contributed by atoms with E-state index >= 15 is 0 Å². The first-order valence-electron chi connectivity index (χ1n) is 11.2. The summed E-state index contributed by atoms with van der Waals surface area (Å²) < 4.78 is 41.6. The van der Waals surface area contributed by atoms with E-state index < -0.39 is 17.6 Å². The first kappa shape index (κ1) is 22.7. The number of amides is 1. The third-order valence-corrected chi connectivity index (χ3v) is 5.92. The largest absolute Gasteiger partial charge is 0.417 e. The standard InChI is InChI=1S/C27H21F3N4O/c28-27(29,30)23-16-20(5-6-22(23)26(35)34-13-11-31-12-14-34)25-8-4-19(17-33-25)2-1-18-3-7-24-21(15-18)9-10-32-24/h3-10,15-17,31-32H,11-14H2. The van der Waals surface area contributed by atoms with Gasteiger partial charge in [0.05, 0.1) is 16.8 Å². The number of hydrogen-bond donors (Lipinski definition) is 2. The van der Waals surface area contributed by atoms with Crippen LogP contribution in [-0.2, 0) is 6.18 Å². The molecule has 3 heterocycles. The normalized spacial score (nSPS) is 14.0. The number of benzene rings is 2. The van der Waals surface area contributed by atoms with Crippen LogP contribution in [-0.4, -0.2) is 47.0 Å². The van der Waals surface area contributed by atoms with Gasteiger partial charge < -0.3 is 15.2 Å². The molecule has 0 bridgehead atoms. The molecule has 2 N–H and O–H groups in total. The predicted molar refractivity (Wildman–Crippen MR) is 128 cm³/mol. The molecule has 0 atom stereocenters. The maximum Gasteiger partial charge on any atom is 0.417 e. The molecule has 5 rings (SSSR count). The van der Waals surface area contributed by atoms with Crippen LogP contribution < -0.4 is 5.32 Å². The van der Waals surface area contributed by atoms with E-state index in [1.54, 1.807) is 12.1 Å². The van der Waals surface area contributed by atoms with Gasteiger partial charge >= 0.3 is 6.18 Å². The third kappa shape index (κ3) is 4.91. The van der Waals surface area contributed by atoms with E-state index in [9.17, 15) is 18.0 Å². The Bertz CT molecular complexity index is 1440. The molecular formula is C27H21F3N4O. The van der Waals surface area contributed by atoms with Crippen LogP contribution in [0.5, 0.6) is 0 Å². The Balaban J connectivity index is 1.40. The lowest BCUT2D eigenvalue weighted by Gasteiger charge is -2.28. The van der Waals surface area contributed by atoms with Gasteiger partial charge in [-0.15, -0.1) is 0 Å². The monoisotopic (exact) mass is 474 g/mol. The molecule has 0 unspecified atom stereocenters. The van der Waals surface area contributed by atoms with E-state index in [0.29, 0.717) is 37.4 Å². The number of nitrogens with zero attached hydrogens (tertiary/aromatic N) is 2. The second kappa shape index (κ2) is 9.28. The van der Waals surface area contributed by atoms with Gasteiger partial charge in [-0.05, 0) is 48.5 Å². The Morgan fingerprint density at radius 3 is 2.46 bits per heavy atom. The maximum atomic E-state index is 13.9. The molecule has 0 saturated carbocycles. The highest BCUT2D eigenvalue weighted by atomic mass is 19.4. The number of pyridine rings is 1. The van der Waals surface area contributed by atoms with Crippen LogP contribution in [0.15, 0.2) is 67.0 Å². The molecule has 2 aromatic carbocycles. The molecule has 0 spiro atoms. The van der Waals surface area contributed by atoms with Gasteiger partial charge in [-0.1, -0.05) is 17.9 Å². The number of hydrogen-bond acceptors (Lipinski definition) is 3. The number of rotatable bonds is 2. The quantitative estimate of drug-likeness (QED) is 0.415. The number of fused-ring (bicyclic) bond motifs is 1. The van der Waals surface area contributed by atoms with Crippen molar-refractivity contribution in [3.63, 3.8) is 0 Å². The van der Waals surface area contributed by atoms with Crippen LogP contribution in [0.25, 0.3) is 22.2 Å². The number of halogens is 3. The Morgan fingerprint density at radius 2 is 1.71 bits per heavy atom. The molecule has 1 fully saturated rings. The lowest BCUT2D eigenvalue weighted by molar-refractivity contribution is -0.138. The first-order chi connectivity index (χ1) is 16.9. The summed E-state index contributed by atoms with van der Waals surface area (Å²) in [5.41, 5.74) is 1.88. The Kier molecular flexibility index (Phi) is 6.01. The van der Waals surface area contributed by atoms with E-state index in [0.717, 1.165) is 22.5 Å². The van der Waals surface area contributed by atoms with Crippen molar-refractivity contribution in [1.29, 1.82) is 0 Å². The highest BCUT2D eigenvalue weighted by Crippen LogP contribution is 2.35. The van der Waals surface area contributed by atoms with Gasteiger partial charge in [0.25, 0.3) is 5.91 Å². The highest BCUT2D eigenvalue weighted by Gasteiger charge is 2.36. The summed E-state index contributed by atoms with van der Waals surface area (Å²) in [6.45, 7) is 1.87. The summed E-state index contributed by atoms with van der Waals surface area (Å²) >= 11 is 0. The zero-order chi connectivity index (χ0) is 24.4. The fourth-order valence-corrected chi connectivity index (χ4v) is 4.08. The molecule has 8 heteroatoms. The van der Waals surface area contributed by atoms with E-state index in [-0.39, 0.29) is 11.1 Å². The Morgan fingerprint density at radius 1 is 0.943 bits per heavy atom. The summed E-state index contributed by atoms with van der Waals surface area (Å²) in [5.74, 6) is 5.51. The number of H-pyrrole nitrogens is 1. The van der Waals surface area contributed by atoms with Crippen LogP contribution in [0.1, 0.15) is 27.0 Å². The van der Waals surface area contributed by atoms with Gasteiger partial charge in [-0.3, -0.25) is 9.78 Å². The van der Waals surface area contributed by atoms with E-state index in [1.807, 2.05) is 30.5 Å². The second-order valence-corrected chi connectivity index (χ2v) is 8.26. The van der Waals surface area contributed by atoms with Crippen molar-refractivity contribution in [3.8, 4) is 23.1 Å². The van der Waals surface area contributed by atoms with Gasteiger partial charge in [0.15, 0.2) is 0 Å². The molecule has 0 aliphatic carbocycles. The number of aromatic nitrogens is 2. The minimum Gasteiger partial charge on any atom is -0.361 e. The lowest BCUT2D eigenvalue weighted by Crippen LogP contribution is -2.46. The molecule has 2 aromatic heterocycles. The summed E-state index contributed by atoms with van der Waals surface area (Å²) in [6.07, 6.45) is -1.27. The van der Waals surface area contributed by atoms with Crippen LogP contribution in [0.4, 0.5) is 13.2 Å². The zero-order valence-electron chi connectivity index (χ0n) is 18.6. The molecular weight excluding hydrogens is 453 g/mol. The van der Waals surface area contributed by atoms with Crippen molar-refractivity contribution >= 4 is 16.8 Å². The maximum absolute atomic E-state index is 13.9. The molecule has 0 radical (unpaired) electrons. The minimum absolute atomic E-state index is 0.284. The topological polar surface area (TPSA) is 61.0 Å². The van der Waals surface area contributed by atoms with Gasteiger partial charge in [0, 0.05) is 66.2 Å². The van der Waals surface area contributed by atoms with Crippen LogP contribution >= 0.6 is 0 Å². The lowest BCUT2D eigenvalue weighted by atomic mass is 10.00. The molecule has 1 amide bonds. The van der Waals surface area contributed by atoms with Gasteiger partial charge in [0.1, 0.15) is 0 Å². The fourth-order valence-electron chi connectivity index (χ4n) is 4.08. The van der Waals surface area contributed by atoms with Crippen LogP contribution in [0.2, 0.25) is 0 Å². The number of aromatic amines is 1. The van der Waals surface area contributed by atoms with Crippen LogP contribution in [0, 0.1) is 11.8 Å². The Hall–Kier alpha value is -4.09. The third-order valence-electron chi connectivity index (χ3n) is 5.92. The average molecular weight is 474 g/mol. The molecule has 4 aromatic rings. The van der Waals surface area contributed by atoms with Gasteiger partial charge in [-0.2, -0.15) is 13.2 Å². The second-order valence-electron chi connectivity index (χ2n) is 8.26. The Labute approximate surface area is 200 Å².